The van der Waals surface area contributed by atoms with Gasteiger partial charge in [-0.25, -0.2) is 9.37 Å². The summed E-state index contributed by atoms with van der Waals surface area (Å²) >= 11 is 5.78. The quantitative estimate of drug-likeness (QED) is 0.804. The number of aromatic nitrogens is 1. The molecule has 0 aliphatic carbocycles. The monoisotopic (exact) mass is 280 g/mol. The third-order valence-corrected chi connectivity index (χ3v) is 2.62. The molecule has 1 heterocycles. The first kappa shape index (κ1) is 13.1. The first-order chi connectivity index (χ1) is 8.97. The van der Waals surface area contributed by atoms with Gasteiger partial charge in [-0.2, -0.15) is 0 Å². The summed E-state index contributed by atoms with van der Waals surface area (Å²) in [6.07, 6.45) is 1.30. The molecule has 19 heavy (non-hydrogen) atoms. The van der Waals surface area contributed by atoms with Crippen LogP contribution in [0.5, 0.6) is 0 Å². The van der Waals surface area contributed by atoms with Crippen LogP contribution in [-0.2, 0) is 0 Å². The van der Waals surface area contributed by atoms with E-state index in [1.54, 1.807) is 0 Å². The summed E-state index contributed by atoms with van der Waals surface area (Å²) in [5.74, 6) is -1.07. The summed E-state index contributed by atoms with van der Waals surface area (Å²) in [5.41, 5.74) is 11.2. The van der Waals surface area contributed by atoms with Gasteiger partial charge in [-0.3, -0.25) is 4.79 Å². The molecule has 98 valence electrons. The summed E-state index contributed by atoms with van der Waals surface area (Å²) in [7, 11) is 0. The van der Waals surface area contributed by atoms with Gasteiger partial charge < -0.3 is 16.8 Å². The van der Waals surface area contributed by atoms with Crippen LogP contribution in [-0.4, -0.2) is 10.9 Å². The highest BCUT2D eigenvalue weighted by molar-refractivity contribution is 6.30. The number of pyridine rings is 1. The number of nitrogen functional groups attached to an aromatic ring is 1. The standard InChI is InChI=1S/C12H10ClFN4O/c13-6-1-2-8(14)9(3-6)18-10-5-17-11(15)4-7(10)12(16)19/h1-5,18H,(H2,15,17)(H2,16,19). The van der Waals surface area contributed by atoms with Gasteiger partial charge in [0, 0.05) is 5.02 Å². The number of amides is 1. The molecule has 7 heteroatoms. The molecule has 0 fully saturated rings. The number of nitrogens with one attached hydrogen (secondary N) is 1. The Balaban J connectivity index is 2.43. The maximum atomic E-state index is 13.6. The van der Waals surface area contributed by atoms with E-state index in [0.29, 0.717) is 5.02 Å². The number of carbonyl (C=O) groups is 1. The maximum absolute atomic E-state index is 13.6. The third kappa shape index (κ3) is 2.92. The van der Waals surface area contributed by atoms with Gasteiger partial charge in [0.25, 0.3) is 5.91 Å². The van der Waals surface area contributed by atoms with Gasteiger partial charge in [-0.05, 0) is 24.3 Å². The fourth-order valence-corrected chi connectivity index (χ4v) is 1.69. The largest absolute Gasteiger partial charge is 0.384 e. The molecule has 1 aromatic heterocycles. The molecule has 1 amide bonds. The highest BCUT2D eigenvalue weighted by Gasteiger charge is 2.12. The number of rotatable bonds is 3. The maximum Gasteiger partial charge on any atom is 0.251 e. The summed E-state index contributed by atoms with van der Waals surface area (Å²) in [5, 5.41) is 3.07. The average Bonchev–Trinajstić information content (AvgIpc) is 2.35. The smallest absolute Gasteiger partial charge is 0.251 e. The fourth-order valence-electron chi connectivity index (χ4n) is 1.51. The Morgan fingerprint density at radius 2 is 2.05 bits per heavy atom. The molecule has 2 aromatic rings. The van der Waals surface area contributed by atoms with E-state index in [-0.39, 0.29) is 22.8 Å². The Kier molecular flexibility index (Phi) is 3.52. The van der Waals surface area contributed by atoms with Crippen molar-refractivity contribution < 1.29 is 9.18 Å². The fraction of sp³-hybridized carbons (Fsp3) is 0. The third-order valence-electron chi connectivity index (χ3n) is 2.39. The number of nitrogens with two attached hydrogens (primary N) is 2. The second-order valence-electron chi connectivity index (χ2n) is 3.77. The van der Waals surface area contributed by atoms with Crippen LogP contribution in [0.3, 0.4) is 0 Å². The van der Waals surface area contributed by atoms with E-state index in [0.717, 1.165) is 0 Å². The van der Waals surface area contributed by atoms with Crippen LogP contribution in [0.15, 0.2) is 30.5 Å². The Labute approximate surface area is 113 Å². The van der Waals surface area contributed by atoms with Gasteiger partial charge in [0.15, 0.2) is 0 Å². The number of anilines is 3. The lowest BCUT2D eigenvalue weighted by atomic mass is 10.2. The molecule has 1 aromatic carbocycles. The van der Waals surface area contributed by atoms with Crippen molar-refractivity contribution >= 4 is 34.7 Å². The lowest BCUT2D eigenvalue weighted by molar-refractivity contribution is 0.100. The van der Waals surface area contributed by atoms with E-state index in [2.05, 4.69) is 10.3 Å². The van der Waals surface area contributed by atoms with E-state index in [4.69, 9.17) is 23.1 Å². The van der Waals surface area contributed by atoms with Crippen LogP contribution in [0.4, 0.5) is 21.6 Å². The SMILES string of the molecule is NC(=O)c1cc(N)ncc1Nc1cc(Cl)ccc1F. The summed E-state index contributed by atoms with van der Waals surface area (Å²) < 4.78 is 13.6. The summed E-state index contributed by atoms with van der Waals surface area (Å²) in [6.45, 7) is 0. The van der Waals surface area contributed by atoms with Crippen molar-refractivity contribution in [3.8, 4) is 0 Å². The molecular weight excluding hydrogens is 271 g/mol. The van der Waals surface area contributed by atoms with Crippen LogP contribution in [0.1, 0.15) is 10.4 Å². The van der Waals surface area contributed by atoms with Crippen LogP contribution in [0, 0.1) is 5.82 Å². The molecule has 0 spiro atoms. The van der Waals surface area contributed by atoms with Crippen molar-refractivity contribution in [2.75, 3.05) is 11.1 Å². The number of nitrogens with zero attached hydrogens (tertiary/aromatic N) is 1. The topological polar surface area (TPSA) is 94.0 Å². The van der Waals surface area contributed by atoms with Crippen molar-refractivity contribution in [2.45, 2.75) is 0 Å². The lowest BCUT2D eigenvalue weighted by Crippen LogP contribution is -2.14. The Morgan fingerprint density at radius 3 is 2.74 bits per heavy atom. The van der Waals surface area contributed by atoms with Gasteiger partial charge in [0.1, 0.15) is 11.6 Å². The summed E-state index contributed by atoms with van der Waals surface area (Å²) in [4.78, 5) is 15.1. The van der Waals surface area contributed by atoms with Crippen molar-refractivity contribution in [3.63, 3.8) is 0 Å². The van der Waals surface area contributed by atoms with Crippen LogP contribution >= 0.6 is 11.6 Å². The molecule has 0 atom stereocenters. The lowest BCUT2D eigenvalue weighted by Gasteiger charge is -2.11. The normalized spacial score (nSPS) is 10.2. The number of primary amides is 1. The first-order valence-corrected chi connectivity index (χ1v) is 5.62. The van der Waals surface area contributed by atoms with E-state index in [1.165, 1.54) is 30.5 Å². The number of carbonyl (C=O) groups excluding carboxylic acids is 1. The zero-order valence-corrected chi connectivity index (χ0v) is 10.4. The van der Waals surface area contributed by atoms with Crippen molar-refractivity contribution in [1.82, 2.24) is 4.98 Å². The second-order valence-corrected chi connectivity index (χ2v) is 4.20. The van der Waals surface area contributed by atoms with Crippen molar-refractivity contribution in [2.24, 2.45) is 5.73 Å². The van der Waals surface area contributed by atoms with Crippen LogP contribution in [0.2, 0.25) is 5.02 Å². The Morgan fingerprint density at radius 1 is 1.32 bits per heavy atom. The van der Waals surface area contributed by atoms with Gasteiger partial charge >= 0.3 is 0 Å². The van der Waals surface area contributed by atoms with E-state index in [1.807, 2.05) is 0 Å². The second kappa shape index (κ2) is 5.11. The van der Waals surface area contributed by atoms with Gasteiger partial charge in [0.2, 0.25) is 0 Å². The molecule has 5 nitrogen and oxygen atoms in total. The highest BCUT2D eigenvalue weighted by atomic mass is 35.5. The number of hydrogen-bond donors (Lipinski definition) is 3. The number of halogens is 2. The van der Waals surface area contributed by atoms with Crippen LogP contribution < -0.4 is 16.8 Å². The molecule has 0 bridgehead atoms. The van der Waals surface area contributed by atoms with Crippen molar-refractivity contribution in [3.05, 3.63) is 46.9 Å². The predicted octanol–water partition coefficient (Wildman–Crippen LogP) is 2.30. The average molecular weight is 281 g/mol. The molecule has 0 unspecified atom stereocenters. The van der Waals surface area contributed by atoms with Gasteiger partial charge in [0.05, 0.1) is 23.1 Å². The molecular formula is C12H10ClFN4O. The van der Waals surface area contributed by atoms with Crippen molar-refractivity contribution in [1.29, 1.82) is 0 Å². The molecule has 5 N–H and O–H groups in total. The van der Waals surface area contributed by atoms with Gasteiger partial charge in [-0.15, -0.1) is 0 Å². The molecule has 0 aliphatic rings. The number of hydrogen-bond acceptors (Lipinski definition) is 4. The zero-order chi connectivity index (χ0) is 14.0. The van der Waals surface area contributed by atoms with E-state index < -0.39 is 11.7 Å². The van der Waals surface area contributed by atoms with Crippen LogP contribution in [0.25, 0.3) is 0 Å². The highest BCUT2D eigenvalue weighted by Crippen LogP contribution is 2.25. The first-order valence-electron chi connectivity index (χ1n) is 5.25. The summed E-state index contributed by atoms with van der Waals surface area (Å²) in [6, 6.07) is 5.32. The Hall–Kier alpha value is -2.34. The molecule has 0 aliphatic heterocycles. The molecule has 2 rings (SSSR count). The Bertz CT molecular complexity index is 648. The van der Waals surface area contributed by atoms with E-state index >= 15 is 0 Å². The minimum absolute atomic E-state index is 0.113. The van der Waals surface area contributed by atoms with Gasteiger partial charge in [-0.1, -0.05) is 11.6 Å². The molecule has 0 saturated heterocycles. The molecule has 0 radical (unpaired) electrons. The number of benzene rings is 1. The zero-order valence-electron chi connectivity index (χ0n) is 9.65. The predicted molar refractivity (Wildman–Crippen MR) is 71.9 cm³/mol. The minimum Gasteiger partial charge on any atom is -0.384 e. The minimum atomic E-state index is -0.695. The van der Waals surface area contributed by atoms with E-state index in [9.17, 15) is 9.18 Å². The molecule has 0 saturated carbocycles.